The minimum atomic E-state index is -0.217. The zero-order valence-corrected chi connectivity index (χ0v) is 29.4. The first kappa shape index (κ1) is 29.4. The maximum Gasteiger partial charge on any atom is 0.266 e. The molecule has 0 atom stereocenters. The topological polar surface area (TPSA) is 66.2 Å². The number of nitrogens with two attached hydrogens (primary N) is 1. The average Bonchev–Trinajstić information content (AvgIpc) is 3.21. The molecule has 13 rings (SSSR count). The molecule has 0 aromatic heterocycles. The zero-order chi connectivity index (χ0) is 35.9. The third kappa shape index (κ3) is 3.85. The van der Waals surface area contributed by atoms with Crippen molar-refractivity contribution in [2.75, 3.05) is 10.6 Å². The molecule has 0 amide bonds. The number of nitrogens with zero attached hydrogens (tertiary/aromatic N) is 1. The number of ether oxygens (including phenoxy) is 4. The van der Waals surface area contributed by atoms with Crippen LogP contribution in [-0.2, 0) is 6.42 Å². The van der Waals surface area contributed by atoms with E-state index in [4.69, 9.17) is 24.7 Å². The number of rotatable bonds is 3. The fourth-order valence-electron chi connectivity index (χ4n) is 9.90. The van der Waals surface area contributed by atoms with Crippen molar-refractivity contribution in [3.05, 3.63) is 157 Å². The molecule has 5 aliphatic rings. The standard InChI is InChI=1S/C47H28B2N2O4/c50-46-39-28(24-37-44(46)48-40-27(23-26-11-3-1-4-12-26)13-7-17-31(40)52-33-19-9-21-35(54-37)42(33)48)25-38-45-47(39)51(29-14-5-2-6-15-29)30-16-8-18-32-41(30)49(45)43-34(53-32)20-10-22-36(43)55-38/h1-22,24-25H,23,50H2. The van der Waals surface area contributed by atoms with Crippen LogP contribution in [0.1, 0.15) is 11.1 Å². The summed E-state index contributed by atoms with van der Waals surface area (Å²) in [7, 11) is 0. The van der Waals surface area contributed by atoms with E-state index in [1.165, 1.54) is 11.1 Å². The lowest BCUT2D eigenvalue weighted by Crippen LogP contribution is -2.61. The van der Waals surface area contributed by atoms with E-state index in [-0.39, 0.29) is 13.4 Å². The Morgan fingerprint density at radius 3 is 1.62 bits per heavy atom. The van der Waals surface area contributed by atoms with E-state index >= 15 is 0 Å². The lowest BCUT2D eigenvalue weighted by atomic mass is 9.32. The van der Waals surface area contributed by atoms with Crippen LogP contribution in [0.15, 0.2) is 146 Å². The Morgan fingerprint density at radius 2 is 0.964 bits per heavy atom. The molecule has 6 nitrogen and oxygen atoms in total. The molecule has 0 radical (unpaired) electrons. The molecule has 0 unspecified atom stereocenters. The fraction of sp³-hybridized carbons (Fsp3) is 0.0213. The minimum Gasteiger partial charge on any atom is -0.458 e. The molecule has 8 heteroatoms. The molecule has 2 N–H and O–H groups in total. The number of hydrogen-bond acceptors (Lipinski definition) is 6. The molecule has 256 valence electrons. The Hall–Kier alpha value is -7.05. The van der Waals surface area contributed by atoms with E-state index in [9.17, 15) is 0 Å². The van der Waals surface area contributed by atoms with E-state index in [1.54, 1.807) is 0 Å². The summed E-state index contributed by atoms with van der Waals surface area (Å²) in [4.78, 5) is 2.35. The zero-order valence-electron chi connectivity index (χ0n) is 29.4. The van der Waals surface area contributed by atoms with E-state index in [2.05, 4.69) is 114 Å². The van der Waals surface area contributed by atoms with Gasteiger partial charge < -0.3 is 29.6 Å². The first-order chi connectivity index (χ1) is 27.2. The summed E-state index contributed by atoms with van der Waals surface area (Å²) in [5.74, 6) is 6.43. The van der Waals surface area contributed by atoms with Crippen molar-refractivity contribution in [1.82, 2.24) is 0 Å². The summed E-state index contributed by atoms with van der Waals surface area (Å²) in [6.07, 6.45) is 0.757. The second kappa shape index (κ2) is 10.5. The number of fused-ring (bicyclic) bond motifs is 6. The highest BCUT2D eigenvalue weighted by atomic mass is 16.5. The Labute approximate surface area is 317 Å². The number of hydrogen-bond donors (Lipinski definition) is 1. The van der Waals surface area contributed by atoms with Crippen molar-refractivity contribution in [2.45, 2.75) is 6.42 Å². The number of benzene rings is 8. The summed E-state index contributed by atoms with van der Waals surface area (Å²) >= 11 is 0. The van der Waals surface area contributed by atoms with Crippen LogP contribution in [0.3, 0.4) is 0 Å². The fourth-order valence-corrected chi connectivity index (χ4v) is 9.90. The van der Waals surface area contributed by atoms with Gasteiger partial charge in [-0.1, -0.05) is 78.9 Å². The lowest BCUT2D eigenvalue weighted by Gasteiger charge is -2.43. The Bertz CT molecular complexity index is 3010. The van der Waals surface area contributed by atoms with Gasteiger partial charge in [-0.05, 0) is 112 Å². The molecule has 8 aromatic carbocycles. The van der Waals surface area contributed by atoms with Gasteiger partial charge >= 0.3 is 0 Å². The second-order valence-corrected chi connectivity index (χ2v) is 14.9. The van der Waals surface area contributed by atoms with Crippen molar-refractivity contribution < 1.29 is 18.9 Å². The molecular formula is C47H28B2N2O4. The van der Waals surface area contributed by atoms with Gasteiger partial charge in [0.05, 0.1) is 5.69 Å². The van der Waals surface area contributed by atoms with Crippen LogP contribution in [0.2, 0.25) is 0 Å². The van der Waals surface area contributed by atoms with Crippen LogP contribution in [0.4, 0.5) is 22.7 Å². The molecule has 5 heterocycles. The third-order valence-corrected chi connectivity index (χ3v) is 12.0. The first-order valence-electron chi connectivity index (χ1n) is 18.7. The predicted molar refractivity (Wildman–Crippen MR) is 221 cm³/mol. The van der Waals surface area contributed by atoms with Gasteiger partial charge in [-0.2, -0.15) is 0 Å². The smallest absolute Gasteiger partial charge is 0.266 e. The normalized spacial score (nSPS) is 14.1. The highest BCUT2D eigenvalue weighted by Crippen LogP contribution is 2.50. The maximum absolute atomic E-state index is 7.76. The van der Waals surface area contributed by atoms with E-state index in [1.807, 2.05) is 36.4 Å². The highest BCUT2D eigenvalue weighted by Gasteiger charge is 2.49. The molecule has 55 heavy (non-hydrogen) atoms. The van der Waals surface area contributed by atoms with Crippen LogP contribution < -0.4 is 62.4 Å². The van der Waals surface area contributed by atoms with Gasteiger partial charge in [0, 0.05) is 33.4 Å². The van der Waals surface area contributed by atoms with Crippen molar-refractivity contribution in [1.29, 1.82) is 0 Å². The van der Waals surface area contributed by atoms with Gasteiger partial charge in [0.25, 0.3) is 13.4 Å². The second-order valence-electron chi connectivity index (χ2n) is 14.9. The van der Waals surface area contributed by atoms with E-state index in [0.29, 0.717) is 5.69 Å². The molecule has 8 aromatic rings. The van der Waals surface area contributed by atoms with Crippen molar-refractivity contribution >= 4 is 79.7 Å². The number of para-hydroxylation sites is 1. The molecule has 0 fully saturated rings. The van der Waals surface area contributed by atoms with Crippen LogP contribution in [0.25, 0.3) is 10.8 Å². The Kier molecular flexibility index (Phi) is 5.64. The van der Waals surface area contributed by atoms with Gasteiger partial charge in [0.1, 0.15) is 46.0 Å². The number of anilines is 4. The maximum atomic E-state index is 7.76. The quantitative estimate of drug-likeness (QED) is 0.154. The average molecular weight is 706 g/mol. The summed E-state index contributed by atoms with van der Waals surface area (Å²) in [6, 6.07) is 50.4. The minimum absolute atomic E-state index is 0.102. The van der Waals surface area contributed by atoms with E-state index in [0.717, 1.165) is 113 Å². The largest absolute Gasteiger partial charge is 0.458 e. The van der Waals surface area contributed by atoms with Gasteiger partial charge in [0.15, 0.2) is 0 Å². The molecule has 0 bridgehead atoms. The van der Waals surface area contributed by atoms with Crippen molar-refractivity contribution in [3.8, 4) is 46.0 Å². The summed E-state index contributed by atoms with van der Waals surface area (Å²) in [5, 5.41) is 1.91. The molecular weight excluding hydrogens is 678 g/mol. The van der Waals surface area contributed by atoms with Gasteiger partial charge in [0.2, 0.25) is 0 Å². The van der Waals surface area contributed by atoms with Crippen molar-refractivity contribution in [2.24, 2.45) is 0 Å². The first-order valence-corrected chi connectivity index (χ1v) is 18.7. The monoisotopic (exact) mass is 706 g/mol. The van der Waals surface area contributed by atoms with E-state index < -0.39 is 0 Å². The predicted octanol–water partition coefficient (Wildman–Crippen LogP) is 7.25. The van der Waals surface area contributed by atoms with Crippen LogP contribution in [0, 0.1) is 0 Å². The summed E-state index contributed by atoms with van der Waals surface area (Å²) in [6.45, 7) is -0.319. The van der Waals surface area contributed by atoms with Crippen molar-refractivity contribution in [3.63, 3.8) is 0 Å². The lowest BCUT2D eigenvalue weighted by molar-refractivity contribution is 0.464. The van der Waals surface area contributed by atoms with Crippen LogP contribution in [0.5, 0.6) is 46.0 Å². The summed E-state index contributed by atoms with van der Waals surface area (Å²) in [5.41, 5.74) is 20.3. The molecule has 0 saturated heterocycles. The summed E-state index contributed by atoms with van der Waals surface area (Å²) < 4.78 is 27.0. The van der Waals surface area contributed by atoms with Gasteiger partial charge in [-0.3, -0.25) is 0 Å². The molecule has 0 spiro atoms. The van der Waals surface area contributed by atoms with Crippen LogP contribution in [-0.4, -0.2) is 13.4 Å². The third-order valence-electron chi connectivity index (χ3n) is 12.0. The Balaban J connectivity index is 1.14. The van der Waals surface area contributed by atoms with Crippen LogP contribution >= 0.6 is 0 Å². The molecule has 5 aliphatic heterocycles. The van der Waals surface area contributed by atoms with Gasteiger partial charge in [-0.15, -0.1) is 0 Å². The molecule has 0 aliphatic carbocycles. The van der Waals surface area contributed by atoms with Gasteiger partial charge in [-0.25, -0.2) is 0 Å². The highest BCUT2D eigenvalue weighted by molar-refractivity contribution is 7.01. The molecule has 0 saturated carbocycles. The SMILES string of the molecule is Nc1c2c(cc3cc4c5c(c13)N(c1ccccc1)c1cccc3c1B5c1c(cccc1O4)O3)Oc1cccc3c1B2c1c(Cc2ccccc2)cccc1O3. The Morgan fingerprint density at radius 1 is 0.455 bits per heavy atom. The number of nitrogen functional groups attached to an aromatic ring is 1.